The fourth-order valence-corrected chi connectivity index (χ4v) is 2.02. The quantitative estimate of drug-likeness (QED) is 0.828. The van der Waals surface area contributed by atoms with Crippen molar-refractivity contribution in [2.45, 2.75) is 27.2 Å². The minimum Gasteiger partial charge on any atom is -0.396 e. The van der Waals surface area contributed by atoms with Crippen molar-refractivity contribution in [1.82, 2.24) is 0 Å². The van der Waals surface area contributed by atoms with Gasteiger partial charge in [-0.1, -0.05) is 19.9 Å². The molecule has 0 aliphatic rings. The standard InChI is InChI=1S/C14H22FNO/c1-10(2)14(8-16,9-17)7-12-6-13(15)5-4-11(12)3/h4-6,10,17H,7-9,16H2,1-3H3. The van der Waals surface area contributed by atoms with Crippen molar-refractivity contribution >= 4 is 0 Å². The van der Waals surface area contributed by atoms with E-state index in [-0.39, 0.29) is 23.8 Å². The van der Waals surface area contributed by atoms with E-state index >= 15 is 0 Å². The van der Waals surface area contributed by atoms with E-state index in [1.165, 1.54) is 12.1 Å². The number of hydrogen-bond donors (Lipinski definition) is 2. The van der Waals surface area contributed by atoms with Crippen LogP contribution in [0.5, 0.6) is 0 Å². The maximum atomic E-state index is 13.2. The fraction of sp³-hybridized carbons (Fsp3) is 0.571. The van der Waals surface area contributed by atoms with Crippen LogP contribution in [-0.2, 0) is 6.42 Å². The zero-order valence-electron chi connectivity index (χ0n) is 10.8. The minimum atomic E-state index is -0.363. The molecule has 3 heteroatoms. The second kappa shape index (κ2) is 5.61. The molecule has 0 fully saturated rings. The molecule has 0 amide bonds. The highest BCUT2D eigenvalue weighted by Crippen LogP contribution is 2.31. The van der Waals surface area contributed by atoms with Gasteiger partial charge >= 0.3 is 0 Å². The average molecular weight is 239 g/mol. The van der Waals surface area contributed by atoms with Crippen LogP contribution in [0.15, 0.2) is 18.2 Å². The number of benzene rings is 1. The van der Waals surface area contributed by atoms with E-state index in [1.807, 2.05) is 20.8 Å². The van der Waals surface area contributed by atoms with Gasteiger partial charge in [-0.25, -0.2) is 4.39 Å². The van der Waals surface area contributed by atoms with Gasteiger partial charge in [-0.05, 0) is 42.5 Å². The highest BCUT2D eigenvalue weighted by molar-refractivity contribution is 5.28. The third-order valence-electron chi connectivity index (χ3n) is 3.80. The Hall–Kier alpha value is -0.930. The van der Waals surface area contributed by atoms with Crippen molar-refractivity contribution in [2.75, 3.05) is 13.2 Å². The molecule has 1 rings (SSSR count). The predicted octanol–water partition coefficient (Wildman–Crippen LogP) is 2.27. The molecule has 96 valence electrons. The lowest BCUT2D eigenvalue weighted by molar-refractivity contribution is 0.0840. The van der Waals surface area contributed by atoms with Gasteiger partial charge in [0.25, 0.3) is 0 Å². The first kappa shape index (κ1) is 14.1. The molecular weight excluding hydrogens is 217 g/mol. The number of aryl methyl sites for hydroxylation is 1. The van der Waals surface area contributed by atoms with Gasteiger partial charge < -0.3 is 10.8 Å². The summed E-state index contributed by atoms with van der Waals surface area (Å²) in [7, 11) is 0. The second-order valence-corrected chi connectivity index (χ2v) is 5.13. The molecule has 1 unspecified atom stereocenters. The van der Waals surface area contributed by atoms with Crippen LogP contribution in [0, 0.1) is 24.1 Å². The van der Waals surface area contributed by atoms with E-state index in [9.17, 15) is 9.50 Å². The van der Waals surface area contributed by atoms with Gasteiger partial charge in [0.2, 0.25) is 0 Å². The summed E-state index contributed by atoms with van der Waals surface area (Å²) < 4.78 is 13.2. The summed E-state index contributed by atoms with van der Waals surface area (Å²) in [6, 6.07) is 4.76. The lowest BCUT2D eigenvalue weighted by atomic mass is 9.73. The van der Waals surface area contributed by atoms with Gasteiger partial charge in [-0.15, -0.1) is 0 Å². The molecule has 0 spiro atoms. The molecule has 1 aromatic rings. The molecule has 0 saturated heterocycles. The van der Waals surface area contributed by atoms with Gasteiger partial charge in [0.1, 0.15) is 5.82 Å². The van der Waals surface area contributed by atoms with E-state index in [0.29, 0.717) is 13.0 Å². The Morgan fingerprint density at radius 1 is 1.41 bits per heavy atom. The summed E-state index contributed by atoms with van der Waals surface area (Å²) in [6.07, 6.45) is 0.612. The molecule has 3 N–H and O–H groups in total. The summed E-state index contributed by atoms with van der Waals surface area (Å²) in [6.45, 7) is 6.46. The summed E-state index contributed by atoms with van der Waals surface area (Å²) in [5.41, 5.74) is 7.41. The first-order chi connectivity index (χ1) is 7.95. The molecule has 1 atom stereocenters. The Kier molecular flexibility index (Phi) is 4.66. The van der Waals surface area contributed by atoms with Crippen LogP contribution >= 0.6 is 0 Å². The van der Waals surface area contributed by atoms with E-state index in [0.717, 1.165) is 11.1 Å². The Balaban J connectivity index is 3.05. The summed E-state index contributed by atoms with van der Waals surface area (Å²) in [5.74, 6) is 0.0124. The van der Waals surface area contributed by atoms with Crippen molar-refractivity contribution in [3.05, 3.63) is 35.1 Å². The number of rotatable bonds is 5. The summed E-state index contributed by atoms with van der Waals surface area (Å²) in [4.78, 5) is 0. The third kappa shape index (κ3) is 3.05. The number of aliphatic hydroxyl groups excluding tert-OH is 1. The van der Waals surface area contributed by atoms with Crippen LogP contribution in [0.4, 0.5) is 4.39 Å². The van der Waals surface area contributed by atoms with E-state index in [4.69, 9.17) is 5.73 Å². The topological polar surface area (TPSA) is 46.2 Å². The first-order valence-corrected chi connectivity index (χ1v) is 6.01. The van der Waals surface area contributed by atoms with Crippen molar-refractivity contribution < 1.29 is 9.50 Å². The van der Waals surface area contributed by atoms with Crippen LogP contribution in [0.3, 0.4) is 0 Å². The monoisotopic (exact) mass is 239 g/mol. The minimum absolute atomic E-state index is 0.0249. The van der Waals surface area contributed by atoms with Crippen molar-refractivity contribution in [1.29, 1.82) is 0 Å². The van der Waals surface area contributed by atoms with Crippen molar-refractivity contribution in [2.24, 2.45) is 17.1 Å². The largest absolute Gasteiger partial charge is 0.396 e. The highest BCUT2D eigenvalue weighted by Gasteiger charge is 2.32. The van der Waals surface area contributed by atoms with Gasteiger partial charge in [-0.3, -0.25) is 0 Å². The van der Waals surface area contributed by atoms with Crippen molar-refractivity contribution in [3.63, 3.8) is 0 Å². The number of nitrogens with two attached hydrogens (primary N) is 1. The average Bonchev–Trinajstić information content (AvgIpc) is 2.30. The van der Waals surface area contributed by atoms with Crippen molar-refractivity contribution in [3.8, 4) is 0 Å². The van der Waals surface area contributed by atoms with Gasteiger partial charge in [0.05, 0.1) is 6.61 Å². The van der Waals surface area contributed by atoms with Gasteiger partial charge in [0, 0.05) is 12.0 Å². The lowest BCUT2D eigenvalue weighted by Gasteiger charge is -2.35. The van der Waals surface area contributed by atoms with Crippen LogP contribution in [0.25, 0.3) is 0 Å². The number of hydrogen-bond acceptors (Lipinski definition) is 2. The van der Waals surface area contributed by atoms with Crippen LogP contribution < -0.4 is 5.73 Å². The molecule has 2 nitrogen and oxygen atoms in total. The lowest BCUT2D eigenvalue weighted by Crippen LogP contribution is -2.41. The molecule has 0 heterocycles. The summed E-state index contributed by atoms with van der Waals surface area (Å²) >= 11 is 0. The van der Waals surface area contributed by atoms with Gasteiger partial charge in [0.15, 0.2) is 0 Å². The number of aliphatic hydroxyl groups is 1. The second-order valence-electron chi connectivity index (χ2n) is 5.13. The highest BCUT2D eigenvalue weighted by atomic mass is 19.1. The van der Waals surface area contributed by atoms with E-state index in [2.05, 4.69) is 0 Å². The molecule has 0 aliphatic heterocycles. The molecule has 0 radical (unpaired) electrons. The Bertz CT molecular complexity index is 372. The Morgan fingerprint density at radius 3 is 2.53 bits per heavy atom. The van der Waals surface area contributed by atoms with E-state index in [1.54, 1.807) is 6.07 Å². The third-order valence-corrected chi connectivity index (χ3v) is 3.80. The maximum Gasteiger partial charge on any atom is 0.123 e. The molecule has 0 aromatic heterocycles. The molecule has 1 aromatic carbocycles. The Labute approximate surface area is 103 Å². The predicted molar refractivity (Wildman–Crippen MR) is 68.3 cm³/mol. The van der Waals surface area contributed by atoms with Crippen LogP contribution in [-0.4, -0.2) is 18.3 Å². The van der Waals surface area contributed by atoms with Crippen LogP contribution in [0.2, 0.25) is 0 Å². The zero-order chi connectivity index (χ0) is 13.1. The zero-order valence-corrected chi connectivity index (χ0v) is 10.8. The maximum absolute atomic E-state index is 13.2. The first-order valence-electron chi connectivity index (χ1n) is 6.01. The van der Waals surface area contributed by atoms with Crippen LogP contribution in [0.1, 0.15) is 25.0 Å². The fourth-order valence-electron chi connectivity index (χ4n) is 2.02. The molecular formula is C14H22FNO. The molecule has 0 saturated carbocycles. The summed E-state index contributed by atoms with van der Waals surface area (Å²) in [5, 5.41) is 9.59. The Morgan fingerprint density at radius 2 is 2.06 bits per heavy atom. The van der Waals surface area contributed by atoms with Gasteiger partial charge in [-0.2, -0.15) is 0 Å². The normalized spacial score (nSPS) is 15.0. The van der Waals surface area contributed by atoms with E-state index < -0.39 is 0 Å². The smallest absolute Gasteiger partial charge is 0.123 e. The number of halogens is 1. The molecule has 0 bridgehead atoms. The SMILES string of the molecule is Cc1ccc(F)cc1CC(CN)(CO)C(C)C. The molecule has 17 heavy (non-hydrogen) atoms. The molecule has 0 aliphatic carbocycles.